The Morgan fingerprint density at radius 1 is 1.31 bits per heavy atom. The van der Waals surface area contributed by atoms with Gasteiger partial charge in [0.25, 0.3) is 5.56 Å². The summed E-state index contributed by atoms with van der Waals surface area (Å²) in [6, 6.07) is 7.49. The number of rotatable bonds is 5. The molecule has 6 nitrogen and oxygen atoms in total. The van der Waals surface area contributed by atoms with Crippen LogP contribution in [0.3, 0.4) is 0 Å². The zero-order valence-electron chi connectivity index (χ0n) is 14.9. The van der Waals surface area contributed by atoms with E-state index in [0.29, 0.717) is 22.8 Å². The lowest BCUT2D eigenvalue weighted by Crippen LogP contribution is -2.28. The first-order chi connectivity index (χ1) is 12.6. The first-order valence-electron chi connectivity index (χ1n) is 8.79. The SMILES string of the molecule is Cc1noc(C)c1CSc1nc2ccccc2c(=O)n1CC1CCCO1. The van der Waals surface area contributed by atoms with Gasteiger partial charge in [0.05, 0.1) is 29.2 Å². The molecule has 3 aromatic rings. The molecule has 0 spiro atoms. The number of hydrogen-bond donors (Lipinski definition) is 0. The summed E-state index contributed by atoms with van der Waals surface area (Å²) in [6.45, 7) is 5.14. The Labute approximate surface area is 155 Å². The van der Waals surface area contributed by atoms with Crippen LogP contribution in [-0.4, -0.2) is 27.4 Å². The van der Waals surface area contributed by atoms with Gasteiger partial charge >= 0.3 is 0 Å². The summed E-state index contributed by atoms with van der Waals surface area (Å²) in [5, 5.41) is 5.36. The molecule has 1 aliphatic rings. The number of aryl methyl sites for hydroxylation is 2. The van der Waals surface area contributed by atoms with E-state index in [1.165, 1.54) is 0 Å². The number of nitrogens with zero attached hydrogens (tertiary/aromatic N) is 3. The molecule has 1 atom stereocenters. The maximum Gasteiger partial charge on any atom is 0.262 e. The van der Waals surface area contributed by atoms with Gasteiger partial charge in [-0.2, -0.15) is 0 Å². The standard InChI is InChI=1S/C19H21N3O3S/c1-12-16(13(2)25-21-12)11-26-19-20-17-8-4-3-7-15(17)18(23)22(19)10-14-6-5-9-24-14/h3-4,7-8,14H,5-6,9-11H2,1-2H3. The van der Waals surface area contributed by atoms with Crippen LogP contribution in [0.2, 0.25) is 0 Å². The Morgan fingerprint density at radius 2 is 2.15 bits per heavy atom. The second-order valence-electron chi connectivity index (χ2n) is 6.55. The van der Waals surface area contributed by atoms with E-state index in [1.807, 2.05) is 38.1 Å². The molecular formula is C19H21N3O3S. The van der Waals surface area contributed by atoms with E-state index in [-0.39, 0.29) is 11.7 Å². The second-order valence-corrected chi connectivity index (χ2v) is 7.50. The topological polar surface area (TPSA) is 70.2 Å². The van der Waals surface area contributed by atoms with Gasteiger partial charge in [0.15, 0.2) is 5.16 Å². The molecule has 1 saturated heterocycles. The van der Waals surface area contributed by atoms with Crippen molar-refractivity contribution >= 4 is 22.7 Å². The van der Waals surface area contributed by atoms with Gasteiger partial charge in [0.2, 0.25) is 0 Å². The van der Waals surface area contributed by atoms with Gasteiger partial charge in [-0.15, -0.1) is 0 Å². The van der Waals surface area contributed by atoms with Crippen LogP contribution in [0, 0.1) is 13.8 Å². The minimum absolute atomic E-state index is 0.00707. The molecule has 0 radical (unpaired) electrons. The summed E-state index contributed by atoms with van der Waals surface area (Å²) in [5.74, 6) is 1.47. The van der Waals surface area contributed by atoms with Crippen molar-refractivity contribution < 1.29 is 9.26 Å². The lowest BCUT2D eigenvalue weighted by atomic mass is 10.2. The van der Waals surface area contributed by atoms with Gasteiger partial charge in [0.1, 0.15) is 5.76 Å². The fourth-order valence-corrected chi connectivity index (χ4v) is 4.42. The zero-order valence-corrected chi connectivity index (χ0v) is 15.7. The number of fused-ring (bicyclic) bond motifs is 1. The minimum atomic E-state index is -0.00707. The smallest absolute Gasteiger partial charge is 0.262 e. The number of benzene rings is 1. The first-order valence-corrected chi connectivity index (χ1v) is 9.78. The van der Waals surface area contributed by atoms with Crippen molar-refractivity contribution in [1.82, 2.24) is 14.7 Å². The highest BCUT2D eigenvalue weighted by Gasteiger charge is 2.21. The maximum absolute atomic E-state index is 13.1. The van der Waals surface area contributed by atoms with Gasteiger partial charge in [-0.1, -0.05) is 29.1 Å². The Kier molecular flexibility index (Phi) is 4.82. The predicted octanol–water partition coefficient (Wildman–Crippen LogP) is 3.47. The summed E-state index contributed by atoms with van der Waals surface area (Å²) < 4.78 is 12.8. The zero-order chi connectivity index (χ0) is 18.1. The molecule has 1 fully saturated rings. The van der Waals surface area contributed by atoms with Crippen LogP contribution >= 0.6 is 11.8 Å². The molecule has 136 valence electrons. The van der Waals surface area contributed by atoms with Crippen molar-refractivity contribution in [3.63, 3.8) is 0 Å². The highest BCUT2D eigenvalue weighted by atomic mass is 32.2. The molecule has 0 N–H and O–H groups in total. The van der Waals surface area contributed by atoms with Crippen molar-refractivity contribution in [2.75, 3.05) is 6.61 Å². The number of ether oxygens (including phenoxy) is 1. The number of para-hydroxylation sites is 1. The van der Waals surface area contributed by atoms with Gasteiger partial charge in [-0.3, -0.25) is 9.36 Å². The Morgan fingerprint density at radius 3 is 2.88 bits per heavy atom. The quantitative estimate of drug-likeness (QED) is 0.505. The van der Waals surface area contributed by atoms with Crippen LogP contribution in [-0.2, 0) is 17.0 Å². The van der Waals surface area contributed by atoms with E-state index in [1.54, 1.807) is 16.3 Å². The van der Waals surface area contributed by atoms with E-state index >= 15 is 0 Å². The van der Waals surface area contributed by atoms with E-state index in [0.717, 1.165) is 42.0 Å². The molecule has 0 aliphatic carbocycles. The summed E-state index contributed by atoms with van der Waals surface area (Å²) in [5.41, 5.74) is 2.65. The average molecular weight is 371 g/mol. The number of thioether (sulfide) groups is 1. The third-order valence-electron chi connectivity index (χ3n) is 4.76. The van der Waals surface area contributed by atoms with Crippen molar-refractivity contribution in [3.8, 4) is 0 Å². The molecule has 4 rings (SSSR count). The van der Waals surface area contributed by atoms with Crippen LogP contribution < -0.4 is 5.56 Å². The molecule has 0 bridgehead atoms. The molecular weight excluding hydrogens is 350 g/mol. The Bertz CT molecular complexity index is 970. The van der Waals surface area contributed by atoms with Crippen molar-refractivity contribution in [3.05, 3.63) is 51.6 Å². The van der Waals surface area contributed by atoms with E-state index in [4.69, 9.17) is 14.2 Å². The monoisotopic (exact) mass is 371 g/mol. The van der Waals surface area contributed by atoms with Crippen LogP contribution in [0.25, 0.3) is 10.9 Å². The molecule has 3 heterocycles. The molecule has 7 heteroatoms. The van der Waals surface area contributed by atoms with E-state index in [2.05, 4.69) is 5.16 Å². The second kappa shape index (κ2) is 7.25. The highest BCUT2D eigenvalue weighted by molar-refractivity contribution is 7.98. The lowest BCUT2D eigenvalue weighted by Gasteiger charge is -2.16. The molecule has 1 aromatic carbocycles. The molecule has 2 aromatic heterocycles. The Hall–Kier alpha value is -2.12. The summed E-state index contributed by atoms with van der Waals surface area (Å²) >= 11 is 1.54. The number of hydrogen-bond acceptors (Lipinski definition) is 6. The summed E-state index contributed by atoms with van der Waals surface area (Å²) in [6.07, 6.45) is 2.10. The highest BCUT2D eigenvalue weighted by Crippen LogP contribution is 2.26. The van der Waals surface area contributed by atoms with E-state index in [9.17, 15) is 4.79 Å². The van der Waals surface area contributed by atoms with Gasteiger partial charge < -0.3 is 9.26 Å². The van der Waals surface area contributed by atoms with Crippen molar-refractivity contribution in [1.29, 1.82) is 0 Å². The van der Waals surface area contributed by atoms with Crippen LogP contribution in [0.15, 0.2) is 38.7 Å². The third-order valence-corrected chi connectivity index (χ3v) is 5.77. The normalized spacial score (nSPS) is 17.2. The third kappa shape index (κ3) is 3.29. The van der Waals surface area contributed by atoms with Gasteiger partial charge in [0, 0.05) is 17.9 Å². The fraction of sp³-hybridized carbons (Fsp3) is 0.421. The van der Waals surface area contributed by atoms with Gasteiger partial charge in [-0.05, 0) is 38.8 Å². The van der Waals surface area contributed by atoms with Crippen LogP contribution in [0.4, 0.5) is 0 Å². The maximum atomic E-state index is 13.1. The molecule has 1 unspecified atom stereocenters. The fourth-order valence-electron chi connectivity index (χ4n) is 3.26. The van der Waals surface area contributed by atoms with Crippen LogP contribution in [0.5, 0.6) is 0 Å². The largest absolute Gasteiger partial charge is 0.376 e. The Balaban J connectivity index is 1.72. The van der Waals surface area contributed by atoms with E-state index < -0.39 is 0 Å². The summed E-state index contributed by atoms with van der Waals surface area (Å²) in [7, 11) is 0. The molecule has 0 amide bonds. The van der Waals surface area contributed by atoms with Crippen LogP contribution in [0.1, 0.15) is 29.9 Å². The van der Waals surface area contributed by atoms with Crippen molar-refractivity contribution in [2.24, 2.45) is 0 Å². The lowest BCUT2D eigenvalue weighted by molar-refractivity contribution is 0.0937. The molecule has 0 saturated carbocycles. The average Bonchev–Trinajstić information content (AvgIpc) is 3.26. The molecule has 1 aliphatic heterocycles. The minimum Gasteiger partial charge on any atom is -0.376 e. The van der Waals surface area contributed by atoms with Gasteiger partial charge in [-0.25, -0.2) is 4.98 Å². The summed E-state index contributed by atoms with van der Waals surface area (Å²) in [4.78, 5) is 17.8. The number of aromatic nitrogens is 3. The first kappa shape index (κ1) is 17.3. The predicted molar refractivity (Wildman–Crippen MR) is 101 cm³/mol. The molecule has 26 heavy (non-hydrogen) atoms. The van der Waals surface area contributed by atoms with Crippen molar-refractivity contribution in [2.45, 2.75) is 50.2 Å².